The number of hydrogen-bond acceptors (Lipinski definition) is 2. The lowest BCUT2D eigenvalue weighted by molar-refractivity contribution is 0.917. The standard InChI is InChI=1S/C15H15Cl2N3/c16-7-12-4-11-5-13(17)10(6-14(11)20-12)2-1-9-3-15(18)19-8-9/h3-6,20H,1-2,7-8H2,(H2,18,19). The van der Waals surface area contributed by atoms with Crippen molar-refractivity contribution < 1.29 is 0 Å². The molecule has 1 aromatic carbocycles. The number of benzene rings is 1. The molecule has 0 aliphatic carbocycles. The van der Waals surface area contributed by atoms with Crippen LogP contribution < -0.4 is 5.73 Å². The van der Waals surface area contributed by atoms with E-state index in [1.54, 1.807) is 0 Å². The Kier molecular flexibility index (Phi) is 3.72. The van der Waals surface area contributed by atoms with Gasteiger partial charge in [-0.25, -0.2) is 0 Å². The molecule has 3 rings (SSSR count). The van der Waals surface area contributed by atoms with Crippen molar-refractivity contribution in [1.82, 2.24) is 4.98 Å². The highest BCUT2D eigenvalue weighted by Gasteiger charge is 2.09. The fourth-order valence-electron chi connectivity index (χ4n) is 2.46. The topological polar surface area (TPSA) is 54.2 Å². The summed E-state index contributed by atoms with van der Waals surface area (Å²) in [5.41, 5.74) is 10.1. The number of rotatable bonds is 4. The fraction of sp³-hybridized carbons (Fsp3) is 0.267. The number of aryl methyl sites for hydroxylation is 1. The van der Waals surface area contributed by atoms with Crippen LogP contribution >= 0.6 is 23.2 Å². The second kappa shape index (κ2) is 5.51. The van der Waals surface area contributed by atoms with Crippen LogP contribution in [0.5, 0.6) is 0 Å². The van der Waals surface area contributed by atoms with Gasteiger partial charge in [0, 0.05) is 21.6 Å². The van der Waals surface area contributed by atoms with E-state index in [0.29, 0.717) is 18.3 Å². The molecule has 104 valence electrons. The average Bonchev–Trinajstić information content (AvgIpc) is 3.01. The number of H-pyrrole nitrogens is 1. The van der Waals surface area contributed by atoms with Crippen LogP contribution in [0.25, 0.3) is 10.9 Å². The Morgan fingerprint density at radius 1 is 1.25 bits per heavy atom. The van der Waals surface area contributed by atoms with Gasteiger partial charge in [0.2, 0.25) is 0 Å². The maximum Gasteiger partial charge on any atom is 0.118 e. The Morgan fingerprint density at radius 3 is 2.80 bits per heavy atom. The number of amidine groups is 1. The first-order valence-electron chi connectivity index (χ1n) is 6.51. The van der Waals surface area contributed by atoms with Gasteiger partial charge >= 0.3 is 0 Å². The summed E-state index contributed by atoms with van der Waals surface area (Å²) in [6.45, 7) is 0.713. The Hall–Kier alpha value is -1.45. The van der Waals surface area contributed by atoms with E-state index >= 15 is 0 Å². The van der Waals surface area contributed by atoms with Crippen molar-refractivity contribution in [2.75, 3.05) is 6.54 Å². The van der Waals surface area contributed by atoms with Gasteiger partial charge in [-0.3, -0.25) is 4.99 Å². The summed E-state index contributed by atoms with van der Waals surface area (Å²) in [5.74, 6) is 1.10. The van der Waals surface area contributed by atoms with Gasteiger partial charge in [0.05, 0.1) is 12.4 Å². The number of halogens is 2. The van der Waals surface area contributed by atoms with Crippen LogP contribution in [0.15, 0.2) is 34.8 Å². The molecule has 20 heavy (non-hydrogen) atoms. The van der Waals surface area contributed by atoms with Gasteiger partial charge in [-0.2, -0.15) is 0 Å². The largest absolute Gasteiger partial charge is 0.384 e. The Balaban J connectivity index is 1.80. The zero-order valence-electron chi connectivity index (χ0n) is 10.9. The van der Waals surface area contributed by atoms with Crippen molar-refractivity contribution in [3.05, 3.63) is 46.1 Å². The van der Waals surface area contributed by atoms with Gasteiger partial charge in [0.1, 0.15) is 5.84 Å². The number of fused-ring (bicyclic) bond motifs is 1. The molecule has 2 aromatic rings. The van der Waals surface area contributed by atoms with Crippen LogP contribution in [0, 0.1) is 0 Å². The van der Waals surface area contributed by atoms with E-state index < -0.39 is 0 Å². The van der Waals surface area contributed by atoms with E-state index in [0.717, 1.165) is 40.0 Å². The molecule has 3 N–H and O–H groups in total. The number of nitrogens with one attached hydrogen (secondary N) is 1. The van der Waals surface area contributed by atoms with Crippen LogP contribution in [0.4, 0.5) is 0 Å². The van der Waals surface area contributed by atoms with E-state index in [1.165, 1.54) is 5.57 Å². The lowest BCUT2D eigenvalue weighted by atomic mass is 10.0. The average molecular weight is 308 g/mol. The third-order valence-electron chi connectivity index (χ3n) is 3.52. The minimum absolute atomic E-state index is 0.477. The smallest absolute Gasteiger partial charge is 0.118 e. The van der Waals surface area contributed by atoms with E-state index in [4.69, 9.17) is 28.9 Å². The minimum Gasteiger partial charge on any atom is -0.384 e. The third-order valence-corrected chi connectivity index (χ3v) is 4.16. The van der Waals surface area contributed by atoms with Crippen LogP contribution in [-0.2, 0) is 12.3 Å². The molecule has 0 radical (unpaired) electrons. The van der Waals surface area contributed by atoms with Gasteiger partial charge in [0.15, 0.2) is 0 Å². The summed E-state index contributed by atoms with van der Waals surface area (Å²) in [7, 11) is 0. The first-order valence-corrected chi connectivity index (χ1v) is 7.42. The summed E-state index contributed by atoms with van der Waals surface area (Å²) < 4.78 is 0. The molecule has 1 aliphatic heterocycles. The number of nitrogens with zero attached hydrogens (tertiary/aromatic N) is 1. The summed E-state index contributed by atoms with van der Waals surface area (Å²) in [4.78, 5) is 7.46. The van der Waals surface area contributed by atoms with Crippen molar-refractivity contribution in [3.63, 3.8) is 0 Å². The van der Waals surface area contributed by atoms with Gasteiger partial charge in [0.25, 0.3) is 0 Å². The second-order valence-electron chi connectivity index (χ2n) is 5.00. The third kappa shape index (κ3) is 2.69. The summed E-state index contributed by atoms with van der Waals surface area (Å²) in [6, 6.07) is 6.13. The van der Waals surface area contributed by atoms with Gasteiger partial charge in [-0.15, -0.1) is 11.6 Å². The van der Waals surface area contributed by atoms with E-state index in [-0.39, 0.29) is 0 Å². The maximum atomic E-state index is 6.35. The Labute approximate surface area is 127 Å². The molecule has 0 amide bonds. The minimum atomic E-state index is 0.477. The van der Waals surface area contributed by atoms with Gasteiger partial charge in [-0.1, -0.05) is 11.6 Å². The van der Waals surface area contributed by atoms with Crippen molar-refractivity contribution in [2.45, 2.75) is 18.7 Å². The molecule has 0 atom stereocenters. The maximum absolute atomic E-state index is 6.35. The zero-order valence-corrected chi connectivity index (χ0v) is 12.4. The van der Waals surface area contributed by atoms with Crippen molar-refractivity contribution in [2.24, 2.45) is 10.7 Å². The molecular weight excluding hydrogens is 293 g/mol. The number of nitrogens with two attached hydrogens (primary N) is 1. The number of alkyl halides is 1. The van der Waals surface area contributed by atoms with Crippen LogP contribution in [0.3, 0.4) is 0 Å². The molecule has 0 unspecified atom stereocenters. The Bertz CT molecular complexity index is 713. The van der Waals surface area contributed by atoms with E-state index in [1.807, 2.05) is 18.2 Å². The molecule has 1 aromatic heterocycles. The first-order chi connectivity index (χ1) is 9.65. The Morgan fingerprint density at radius 2 is 2.10 bits per heavy atom. The zero-order chi connectivity index (χ0) is 14.1. The second-order valence-corrected chi connectivity index (χ2v) is 5.68. The number of aromatic amines is 1. The van der Waals surface area contributed by atoms with Crippen LogP contribution in [-0.4, -0.2) is 17.4 Å². The van der Waals surface area contributed by atoms with Crippen molar-refractivity contribution in [1.29, 1.82) is 0 Å². The monoisotopic (exact) mass is 307 g/mol. The van der Waals surface area contributed by atoms with Gasteiger partial charge < -0.3 is 10.7 Å². The predicted molar refractivity (Wildman–Crippen MR) is 85.8 cm³/mol. The van der Waals surface area contributed by atoms with Crippen LogP contribution in [0.2, 0.25) is 5.02 Å². The van der Waals surface area contributed by atoms with Crippen LogP contribution in [0.1, 0.15) is 17.7 Å². The molecule has 5 heteroatoms. The van der Waals surface area contributed by atoms with Gasteiger partial charge in [-0.05, 0) is 48.3 Å². The number of aliphatic imine (C=N–C) groups is 1. The summed E-state index contributed by atoms with van der Waals surface area (Å²) in [5, 5.41) is 1.90. The number of aromatic nitrogens is 1. The molecule has 0 saturated heterocycles. The number of hydrogen-bond donors (Lipinski definition) is 2. The molecule has 0 fully saturated rings. The highest BCUT2D eigenvalue weighted by Crippen LogP contribution is 2.27. The predicted octanol–water partition coefficient (Wildman–Crippen LogP) is 3.79. The quantitative estimate of drug-likeness (QED) is 0.830. The fourth-order valence-corrected chi connectivity index (χ4v) is 2.87. The van der Waals surface area contributed by atoms with E-state index in [2.05, 4.69) is 16.0 Å². The van der Waals surface area contributed by atoms with Crippen molar-refractivity contribution >= 4 is 39.9 Å². The molecule has 2 heterocycles. The molecule has 0 bridgehead atoms. The molecule has 3 nitrogen and oxygen atoms in total. The molecule has 1 aliphatic rings. The lowest BCUT2D eigenvalue weighted by Gasteiger charge is -2.05. The highest BCUT2D eigenvalue weighted by atomic mass is 35.5. The normalized spacial score (nSPS) is 14.7. The molecular formula is C15H15Cl2N3. The highest BCUT2D eigenvalue weighted by molar-refractivity contribution is 6.32. The SMILES string of the molecule is NC1=NCC(CCc2cc3[nH]c(CCl)cc3cc2Cl)=C1. The molecule has 0 spiro atoms. The lowest BCUT2D eigenvalue weighted by Crippen LogP contribution is -2.03. The van der Waals surface area contributed by atoms with E-state index in [9.17, 15) is 0 Å². The summed E-state index contributed by atoms with van der Waals surface area (Å²) in [6.07, 6.45) is 3.77. The molecule has 0 saturated carbocycles. The summed E-state index contributed by atoms with van der Waals surface area (Å²) >= 11 is 12.2. The van der Waals surface area contributed by atoms with Crippen molar-refractivity contribution in [3.8, 4) is 0 Å². The first kappa shape index (κ1) is 13.5.